The number of fused-ring (bicyclic) bond motifs is 1. The lowest BCUT2D eigenvalue weighted by Crippen LogP contribution is -2.27. The molecule has 1 N–H and O–H groups in total. The third-order valence-electron chi connectivity index (χ3n) is 5.54. The van der Waals surface area contributed by atoms with Gasteiger partial charge in [-0.2, -0.15) is 0 Å². The molecule has 3 heterocycles. The minimum atomic E-state index is -2.64. The van der Waals surface area contributed by atoms with Gasteiger partial charge in [-0.05, 0) is 32.4 Å². The van der Waals surface area contributed by atoms with Crippen molar-refractivity contribution in [3.05, 3.63) is 57.9 Å². The zero-order valence-electron chi connectivity index (χ0n) is 16.1. The van der Waals surface area contributed by atoms with Crippen LogP contribution < -0.4 is 10.3 Å². The molecule has 0 amide bonds. The van der Waals surface area contributed by atoms with Gasteiger partial charge in [-0.15, -0.1) is 0 Å². The molecule has 0 saturated carbocycles. The molecule has 4 rings (SSSR count). The number of aryl methyl sites for hydroxylation is 1. The van der Waals surface area contributed by atoms with E-state index in [1.807, 2.05) is 42.2 Å². The van der Waals surface area contributed by atoms with Crippen molar-refractivity contribution < 1.29 is 8.78 Å². The van der Waals surface area contributed by atoms with E-state index < -0.39 is 5.92 Å². The number of nitrogens with one attached hydrogen (secondary N) is 1. The van der Waals surface area contributed by atoms with Crippen molar-refractivity contribution in [1.29, 1.82) is 0 Å². The topological polar surface area (TPSA) is 49.0 Å². The molecule has 2 aromatic heterocycles. The summed E-state index contributed by atoms with van der Waals surface area (Å²) >= 11 is 0. The maximum atomic E-state index is 13.9. The Morgan fingerprint density at radius 3 is 2.68 bits per heavy atom. The molecule has 0 atom stereocenters. The molecule has 0 radical (unpaired) electrons. The van der Waals surface area contributed by atoms with Crippen LogP contribution in [0, 0.1) is 13.8 Å². The molecule has 0 spiro atoms. The second-order valence-electron chi connectivity index (χ2n) is 7.55. The Balaban J connectivity index is 1.89. The summed E-state index contributed by atoms with van der Waals surface area (Å²) in [5.41, 5.74) is 3.66. The number of halogens is 2. The highest BCUT2D eigenvalue weighted by molar-refractivity contribution is 5.89. The highest BCUT2D eigenvalue weighted by Gasteiger charge is 2.32. The SMILES string of the molecule is Cc1[nH]c(-c2cc3ccccc3nc2N2CCCC(F)(F)CC2)cc(=O)c1C. The van der Waals surface area contributed by atoms with Crippen molar-refractivity contribution in [1.82, 2.24) is 9.97 Å². The van der Waals surface area contributed by atoms with Crippen molar-refractivity contribution in [3.8, 4) is 11.3 Å². The zero-order valence-corrected chi connectivity index (χ0v) is 16.1. The van der Waals surface area contributed by atoms with Gasteiger partial charge in [0.25, 0.3) is 0 Å². The van der Waals surface area contributed by atoms with Crippen LogP contribution >= 0.6 is 0 Å². The van der Waals surface area contributed by atoms with Crippen LogP contribution in [0.1, 0.15) is 30.5 Å². The van der Waals surface area contributed by atoms with Crippen molar-refractivity contribution in [2.45, 2.75) is 39.0 Å². The smallest absolute Gasteiger partial charge is 0.249 e. The minimum absolute atomic E-state index is 0.0484. The lowest BCUT2D eigenvalue weighted by Gasteiger charge is -2.25. The molecule has 4 nitrogen and oxygen atoms in total. The predicted octanol–water partition coefficient (Wildman–Crippen LogP) is 4.83. The second-order valence-corrected chi connectivity index (χ2v) is 7.55. The van der Waals surface area contributed by atoms with Crippen LogP contribution in [-0.4, -0.2) is 29.0 Å². The molecule has 28 heavy (non-hydrogen) atoms. The van der Waals surface area contributed by atoms with Gasteiger partial charge in [0.2, 0.25) is 5.92 Å². The number of nitrogens with zero attached hydrogens (tertiary/aromatic N) is 2. The Kier molecular flexibility index (Phi) is 4.65. The number of aromatic nitrogens is 2. The van der Waals surface area contributed by atoms with Crippen LogP contribution in [0.25, 0.3) is 22.2 Å². The van der Waals surface area contributed by atoms with Crippen LogP contribution in [0.15, 0.2) is 41.2 Å². The second kappa shape index (κ2) is 7.00. The van der Waals surface area contributed by atoms with Gasteiger partial charge in [-0.25, -0.2) is 13.8 Å². The Morgan fingerprint density at radius 2 is 1.89 bits per heavy atom. The molecule has 6 heteroatoms. The van der Waals surface area contributed by atoms with E-state index >= 15 is 0 Å². The number of aromatic amines is 1. The summed E-state index contributed by atoms with van der Waals surface area (Å²) < 4.78 is 27.8. The number of pyridine rings is 2. The maximum Gasteiger partial charge on any atom is 0.249 e. The van der Waals surface area contributed by atoms with E-state index in [0.717, 1.165) is 22.2 Å². The fourth-order valence-corrected chi connectivity index (χ4v) is 3.72. The molecular formula is C22H23F2N3O. The molecule has 0 unspecified atom stereocenters. The highest BCUT2D eigenvalue weighted by Crippen LogP contribution is 2.35. The Labute approximate surface area is 162 Å². The molecule has 1 aromatic carbocycles. The normalized spacial score (nSPS) is 16.9. The third-order valence-corrected chi connectivity index (χ3v) is 5.54. The van der Waals surface area contributed by atoms with Gasteiger partial charge in [0.05, 0.1) is 11.2 Å². The average molecular weight is 383 g/mol. The molecule has 146 valence electrons. The first-order valence-electron chi connectivity index (χ1n) is 9.57. The van der Waals surface area contributed by atoms with E-state index in [-0.39, 0.29) is 24.8 Å². The number of anilines is 1. The Bertz CT molecular complexity index is 1090. The number of rotatable bonds is 2. The summed E-state index contributed by atoms with van der Waals surface area (Å²) in [6.07, 6.45) is 0.113. The first-order valence-corrected chi connectivity index (χ1v) is 9.57. The molecule has 1 fully saturated rings. The van der Waals surface area contributed by atoms with Gasteiger partial charge >= 0.3 is 0 Å². The summed E-state index contributed by atoms with van der Waals surface area (Å²) in [5, 5.41) is 0.945. The van der Waals surface area contributed by atoms with Gasteiger partial charge in [0, 0.05) is 54.2 Å². The first-order chi connectivity index (χ1) is 13.3. The van der Waals surface area contributed by atoms with Gasteiger partial charge in [0.15, 0.2) is 5.43 Å². The highest BCUT2D eigenvalue weighted by atomic mass is 19.3. The number of benzene rings is 1. The van der Waals surface area contributed by atoms with Crippen molar-refractivity contribution >= 4 is 16.7 Å². The number of hydrogen-bond donors (Lipinski definition) is 1. The number of hydrogen-bond acceptors (Lipinski definition) is 3. The van der Waals surface area contributed by atoms with E-state index in [2.05, 4.69) is 4.98 Å². The zero-order chi connectivity index (χ0) is 19.9. The van der Waals surface area contributed by atoms with E-state index in [4.69, 9.17) is 4.98 Å². The fraction of sp³-hybridized carbons (Fsp3) is 0.364. The first kappa shape index (κ1) is 18.6. The van der Waals surface area contributed by atoms with Gasteiger partial charge in [0.1, 0.15) is 5.82 Å². The van der Waals surface area contributed by atoms with Crippen molar-refractivity contribution in [3.63, 3.8) is 0 Å². The van der Waals surface area contributed by atoms with Crippen LogP contribution in [-0.2, 0) is 0 Å². The Hall–Kier alpha value is -2.76. The summed E-state index contributed by atoms with van der Waals surface area (Å²) in [5.74, 6) is -1.99. The van der Waals surface area contributed by atoms with Gasteiger partial charge in [-0.1, -0.05) is 18.2 Å². The predicted molar refractivity (Wildman–Crippen MR) is 108 cm³/mol. The summed E-state index contributed by atoms with van der Waals surface area (Å²) in [7, 11) is 0. The molecule has 0 aliphatic carbocycles. The summed E-state index contributed by atoms with van der Waals surface area (Å²) in [6.45, 7) is 4.40. The van der Waals surface area contributed by atoms with Crippen LogP contribution in [0.2, 0.25) is 0 Å². The minimum Gasteiger partial charge on any atom is -0.358 e. The van der Waals surface area contributed by atoms with E-state index in [1.54, 1.807) is 13.0 Å². The van der Waals surface area contributed by atoms with Gasteiger partial charge < -0.3 is 9.88 Å². The standard InChI is InChI=1S/C22H23F2N3O/c1-14-15(2)25-19(13-20(14)28)17-12-16-6-3-4-7-18(16)26-21(17)27-10-5-8-22(23,24)9-11-27/h3-4,6-7,12-13H,5,8-11H2,1-2H3,(H,25,28). The number of para-hydroxylation sites is 1. The van der Waals surface area contributed by atoms with E-state index in [1.165, 1.54) is 0 Å². The van der Waals surface area contributed by atoms with Crippen LogP contribution in [0.3, 0.4) is 0 Å². The molecule has 1 aliphatic heterocycles. The monoisotopic (exact) mass is 383 g/mol. The lowest BCUT2D eigenvalue weighted by atomic mass is 10.1. The fourth-order valence-electron chi connectivity index (χ4n) is 3.72. The van der Waals surface area contributed by atoms with Crippen molar-refractivity contribution in [2.24, 2.45) is 0 Å². The molecule has 3 aromatic rings. The summed E-state index contributed by atoms with van der Waals surface area (Å²) in [6, 6.07) is 11.3. The molecule has 0 bridgehead atoms. The van der Waals surface area contributed by atoms with Crippen molar-refractivity contribution in [2.75, 3.05) is 18.0 Å². The van der Waals surface area contributed by atoms with E-state index in [0.29, 0.717) is 30.0 Å². The van der Waals surface area contributed by atoms with Crippen LogP contribution in [0.4, 0.5) is 14.6 Å². The quantitative estimate of drug-likeness (QED) is 0.689. The lowest BCUT2D eigenvalue weighted by molar-refractivity contribution is -0.0102. The van der Waals surface area contributed by atoms with Gasteiger partial charge in [-0.3, -0.25) is 4.79 Å². The summed E-state index contributed by atoms with van der Waals surface area (Å²) in [4.78, 5) is 22.4. The number of alkyl halides is 2. The molecule has 1 saturated heterocycles. The maximum absolute atomic E-state index is 13.9. The molecule has 1 aliphatic rings. The van der Waals surface area contributed by atoms with E-state index in [9.17, 15) is 13.6 Å². The largest absolute Gasteiger partial charge is 0.358 e. The molecular weight excluding hydrogens is 360 g/mol. The van der Waals surface area contributed by atoms with Crippen LogP contribution in [0.5, 0.6) is 0 Å². The average Bonchev–Trinajstić information content (AvgIpc) is 2.85. The Morgan fingerprint density at radius 1 is 1.11 bits per heavy atom. The third kappa shape index (κ3) is 3.51. The number of H-pyrrole nitrogens is 1.